The van der Waals surface area contributed by atoms with E-state index in [-0.39, 0.29) is 5.60 Å². The molecule has 0 aromatic heterocycles. The summed E-state index contributed by atoms with van der Waals surface area (Å²) in [4.78, 5) is 0. The molecule has 88 valence electrons. The smallest absolute Gasteiger partial charge is 0.0708 e. The lowest BCUT2D eigenvalue weighted by molar-refractivity contribution is -0.0169. The van der Waals surface area contributed by atoms with E-state index in [2.05, 4.69) is 33.0 Å². The molecule has 0 spiro atoms. The lowest BCUT2D eigenvalue weighted by Gasteiger charge is -2.28. The van der Waals surface area contributed by atoms with Gasteiger partial charge in [-0.3, -0.25) is 0 Å². The Bertz CT molecular complexity index is 231. The molecule has 15 heavy (non-hydrogen) atoms. The maximum absolute atomic E-state index is 5.98. The molecule has 1 atom stereocenters. The summed E-state index contributed by atoms with van der Waals surface area (Å²) in [6.07, 6.45) is 5.64. The molecule has 1 aliphatic carbocycles. The van der Waals surface area contributed by atoms with Crippen LogP contribution in [0.25, 0.3) is 0 Å². The molecule has 2 rings (SSSR count). The second kappa shape index (κ2) is 3.74. The van der Waals surface area contributed by atoms with E-state index >= 15 is 0 Å². The van der Waals surface area contributed by atoms with Crippen LogP contribution in [0.4, 0.5) is 0 Å². The van der Waals surface area contributed by atoms with Crippen molar-refractivity contribution in [2.45, 2.75) is 70.6 Å². The molecule has 0 radical (unpaired) electrons. The minimum atomic E-state index is 0.107. The Morgan fingerprint density at radius 1 is 1.27 bits per heavy atom. The Morgan fingerprint density at radius 3 is 2.40 bits per heavy atom. The van der Waals surface area contributed by atoms with Crippen molar-refractivity contribution in [3.8, 4) is 0 Å². The summed E-state index contributed by atoms with van der Waals surface area (Å²) < 4.78 is 5.98. The first-order valence-corrected chi connectivity index (χ1v) is 6.32. The summed E-state index contributed by atoms with van der Waals surface area (Å²) in [6, 6.07) is 0. The maximum Gasteiger partial charge on any atom is 0.0708 e. The van der Waals surface area contributed by atoms with Crippen LogP contribution < -0.4 is 5.32 Å². The number of hydrogen-bond donors (Lipinski definition) is 1. The Labute approximate surface area is 93.8 Å². The van der Waals surface area contributed by atoms with Gasteiger partial charge < -0.3 is 10.1 Å². The SMILES string of the molecule is CC1(C)CCC(CNC(C)(C)C2CC2)O1. The van der Waals surface area contributed by atoms with Gasteiger partial charge in [-0.1, -0.05) is 0 Å². The molecular weight excluding hydrogens is 186 g/mol. The van der Waals surface area contributed by atoms with Crippen LogP contribution in [0.1, 0.15) is 53.4 Å². The molecule has 2 aliphatic rings. The van der Waals surface area contributed by atoms with Crippen LogP contribution in [0.5, 0.6) is 0 Å². The fourth-order valence-corrected chi connectivity index (χ4v) is 2.55. The van der Waals surface area contributed by atoms with E-state index in [0.717, 1.165) is 12.5 Å². The van der Waals surface area contributed by atoms with E-state index in [4.69, 9.17) is 4.74 Å². The molecule has 1 saturated carbocycles. The van der Waals surface area contributed by atoms with Crippen LogP contribution in [0.3, 0.4) is 0 Å². The van der Waals surface area contributed by atoms with Crippen molar-refractivity contribution < 1.29 is 4.74 Å². The van der Waals surface area contributed by atoms with E-state index in [1.54, 1.807) is 0 Å². The Morgan fingerprint density at radius 2 is 1.93 bits per heavy atom. The second-order valence-electron chi connectivity index (χ2n) is 6.42. The molecule has 0 aromatic rings. The summed E-state index contributed by atoms with van der Waals surface area (Å²) in [6.45, 7) is 10.1. The van der Waals surface area contributed by atoms with Crippen molar-refractivity contribution in [2.75, 3.05) is 6.54 Å². The highest BCUT2D eigenvalue weighted by Crippen LogP contribution is 2.39. The third-order valence-corrected chi connectivity index (χ3v) is 3.94. The van der Waals surface area contributed by atoms with Gasteiger partial charge in [0.15, 0.2) is 0 Å². The zero-order valence-electron chi connectivity index (χ0n) is 10.6. The predicted molar refractivity (Wildman–Crippen MR) is 63.0 cm³/mol. The minimum Gasteiger partial charge on any atom is -0.371 e. The van der Waals surface area contributed by atoms with E-state index < -0.39 is 0 Å². The molecular formula is C13H25NO. The van der Waals surface area contributed by atoms with Crippen molar-refractivity contribution in [1.82, 2.24) is 5.32 Å². The van der Waals surface area contributed by atoms with Crippen LogP contribution >= 0.6 is 0 Å². The maximum atomic E-state index is 5.98. The molecule has 1 saturated heterocycles. The lowest BCUT2D eigenvalue weighted by atomic mass is 9.98. The zero-order chi connectivity index (χ0) is 11.1. The molecule has 2 nitrogen and oxygen atoms in total. The quantitative estimate of drug-likeness (QED) is 0.772. The minimum absolute atomic E-state index is 0.107. The van der Waals surface area contributed by atoms with E-state index in [9.17, 15) is 0 Å². The number of hydrogen-bond acceptors (Lipinski definition) is 2. The largest absolute Gasteiger partial charge is 0.371 e. The van der Waals surface area contributed by atoms with Crippen molar-refractivity contribution >= 4 is 0 Å². The van der Waals surface area contributed by atoms with E-state index in [1.807, 2.05) is 0 Å². The van der Waals surface area contributed by atoms with Crippen molar-refractivity contribution in [3.05, 3.63) is 0 Å². The molecule has 0 amide bonds. The van der Waals surface area contributed by atoms with Gasteiger partial charge in [0.2, 0.25) is 0 Å². The third-order valence-electron chi connectivity index (χ3n) is 3.94. The van der Waals surface area contributed by atoms with Crippen LogP contribution in [-0.4, -0.2) is 23.8 Å². The Balaban J connectivity index is 1.74. The average molecular weight is 211 g/mol. The third kappa shape index (κ3) is 2.94. The van der Waals surface area contributed by atoms with E-state index in [1.165, 1.54) is 25.7 Å². The van der Waals surface area contributed by atoms with Gasteiger partial charge in [-0.2, -0.15) is 0 Å². The molecule has 0 bridgehead atoms. The number of nitrogens with one attached hydrogen (secondary N) is 1. The molecule has 1 unspecified atom stereocenters. The molecule has 1 heterocycles. The Kier molecular flexibility index (Phi) is 2.85. The first-order chi connectivity index (χ1) is 6.89. The van der Waals surface area contributed by atoms with Gasteiger partial charge in [0.1, 0.15) is 0 Å². The van der Waals surface area contributed by atoms with Gasteiger partial charge in [0.25, 0.3) is 0 Å². The lowest BCUT2D eigenvalue weighted by Crippen LogP contribution is -2.45. The summed E-state index contributed by atoms with van der Waals surface area (Å²) in [5.41, 5.74) is 0.423. The molecule has 2 fully saturated rings. The fourth-order valence-electron chi connectivity index (χ4n) is 2.55. The molecule has 2 heteroatoms. The van der Waals surface area contributed by atoms with Gasteiger partial charge in [0.05, 0.1) is 11.7 Å². The molecule has 1 N–H and O–H groups in total. The van der Waals surface area contributed by atoms with Gasteiger partial charge in [-0.25, -0.2) is 0 Å². The molecule has 0 aromatic carbocycles. The fraction of sp³-hybridized carbons (Fsp3) is 1.00. The van der Waals surface area contributed by atoms with Crippen molar-refractivity contribution in [3.63, 3.8) is 0 Å². The summed E-state index contributed by atoms with van der Waals surface area (Å²) in [7, 11) is 0. The highest BCUT2D eigenvalue weighted by Gasteiger charge is 2.39. The highest BCUT2D eigenvalue weighted by atomic mass is 16.5. The molecule has 1 aliphatic heterocycles. The summed E-state index contributed by atoms with van der Waals surface area (Å²) >= 11 is 0. The number of ether oxygens (including phenoxy) is 1. The first-order valence-electron chi connectivity index (χ1n) is 6.32. The Hall–Kier alpha value is -0.0800. The van der Waals surface area contributed by atoms with Gasteiger partial charge >= 0.3 is 0 Å². The van der Waals surface area contributed by atoms with Crippen LogP contribution in [0.2, 0.25) is 0 Å². The van der Waals surface area contributed by atoms with Gasteiger partial charge in [-0.05, 0) is 59.3 Å². The monoisotopic (exact) mass is 211 g/mol. The average Bonchev–Trinajstić information content (AvgIpc) is 2.89. The van der Waals surface area contributed by atoms with Crippen LogP contribution in [-0.2, 0) is 4.74 Å². The normalized spacial score (nSPS) is 30.8. The predicted octanol–water partition coefficient (Wildman–Crippen LogP) is 2.72. The number of rotatable bonds is 4. The van der Waals surface area contributed by atoms with E-state index in [0.29, 0.717) is 11.6 Å². The van der Waals surface area contributed by atoms with Crippen LogP contribution in [0.15, 0.2) is 0 Å². The van der Waals surface area contributed by atoms with Crippen molar-refractivity contribution in [2.24, 2.45) is 5.92 Å². The van der Waals surface area contributed by atoms with Gasteiger partial charge in [-0.15, -0.1) is 0 Å². The second-order valence-corrected chi connectivity index (χ2v) is 6.42. The topological polar surface area (TPSA) is 21.3 Å². The van der Waals surface area contributed by atoms with Gasteiger partial charge in [0, 0.05) is 12.1 Å². The standard InChI is InChI=1S/C13H25NO/c1-12(2)8-7-11(15-12)9-14-13(3,4)10-5-6-10/h10-11,14H,5-9H2,1-4H3. The van der Waals surface area contributed by atoms with Crippen molar-refractivity contribution in [1.29, 1.82) is 0 Å². The highest BCUT2D eigenvalue weighted by molar-refractivity contribution is 4.95. The van der Waals surface area contributed by atoms with Crippen LogP contribution in [0, 0.1) is 5.92 Å². The summed E-state index contributed by atoms with van der Waals surface area (Å²) in [5.74, 6) is 0.895. The first kappa shape index (κ1) is 11.4. The summed E-state index contributed by atoms with van der Waals surface area (Å²) in [5, 5.41) is 3.68. The zero-order valence-corrected chi connectivity index (χ0v) is 10.6.